The van der Waals surface area contributed by atoms with E-state index in [2.05, 4.69) is 4.72 Å². The highest BCUT2D eigenvalue weighted by Gasteiger charge is 2.16. The van der Waals surface area contributed by atoms with Crippen molar-refractivity contribution in [2.45, 2.75) is 20.3 Å². The summed E-state index contributed by atoms with van der Waals surface area (Å²) in [5.41, 5.74) is 0. The van der Waals surface area contributed by atoms with Crippen molar-refractivity contribution in [2.24, 2.45) is 5.92 Å². The minimum absolute atomic E-state index is 0.101. The van der Waals surface area contributed by atoms with Crippen LogP contribution in [0.4, 0.5) is 0 Å². The third-order valence-electron chi connectivity index (χ3n) is 2.15. The van der Waals surface area contributed by atoms with Gasteiger partial charge in [-0.15, -0.1) is 0 Å². The van der Waals surface area contributed by atoms with Crippen LogP contribution in [-0.2, 0) is 20.0 Å². The van der Waals surface area contributed by atoms with Gasteiger partial charge in [-0.05, 0) is 12.3 Å². The first-order valence-corrected chi connectivity index (χ1v) is 9.16. The molecule has 0 bridgehead atoms. The molecule has 0 aliphatic rings. The van der Waals surface area contributed by atoms with E-state index in [0.717, 1.165) is 18.9 Å². The SMILES string of the molecule is CC(C)CCN(CCNS(C)(=O)=O)S(C)(=O)=O. The van der Waals surface area contributed by atoms with Gasteiger partial charge in [0.1, 0.15) is 0 Å². The van der Waals surface area contributed by atoms with Crippen LogP contribution in [-0.4, -0.2) is 53.3 Å². The monoisotopic (exact) mass is 286 g/mol. The van der Waals surface area contributed by atoms with Gasteiger partial charge in [0, 0.05) is 19.6 Å². The molecule has 0 aliphatic heterocycles. The van der Waals surface area contributed by atoms with Crippen LogP contribution in [0.5, 0.6) is 0 Å². The molecule has 0 aromatic rings. The fourth-order valence-electron chi connectivity index (χ4n) is 1.20. The molecule has 0 fully saturated rings. The second-order valence-corrected chi connectivity index (χ2v) is 8.33. The van der Waals surface area contributed by atoms with Crippen molar-refractivity contribution in [1.82, 2.24) is 9.03 Å². The van der Waals surface area contributed by atoms with E-state index in [1.807, 2.05) is 13.8 Å². The molecule has 0 aromatic heterocycles. The Balaban J connectivity index is 4.32. The predicted octanol–water partition coefficient (Wildman–Crippen LogP) is -0.157. The summed E-state index contributed by atoms with van der Waals surface area (Å²) >= 11 is 0. The van der Waals surface area contributed by atoms with E-state index in [9.17, 15) is 16.8 Å². The highest BCUT2D eigenvalue weighted by atomic mass is 32.2. The third kappa shape index (κ3) is 9.51. The Bertz CT molecular complexity index is 414. The van der Waals surface area contributed by atoms with E-state index >= 15 is 0 Å². The lowest BCUT2D eigenvalue weighted by Gasteiger charge is -2.20. The quantitative estimate of drug-likeness (QED) is 0.672. The number of nitrogens with one attached hydrogen (secondary N) is 1. The molecule has 0 saturated heterocycles. The van der Waals surface area contributed by atoms with E-state index in [-0.39, 0.29) is 13.1 Å². The van der Waals surface area contributed by atoms with Crippen molar-refractivity contribution in [3.63, 3.8) is 0 Å². The zero-order chi connectivity index (χ0) is 13.7. The van der Waals surface area contributed by atoms with Crippen molar-refractivity contribution in [3.8, 4) is 0 Å². The fourth-order valence-corrected chi connectivity index (χ4v) is 2.52. The Hall–Kier alpha value is -0.180. The maximum Gasteiger partial charge on any atom is 0.211 e. The maximum absolute atomic E-state index is 11.4. The lowest BCUT2D eigenvalue weighted by atomic mass is 10.1. The highest BCUT2D eigenvalue weighted by molar-refractivity contribution is 7.88. The molecule has 104 valence electrons. The third-order valence-corrected chi connectivity index (χ3v) is 4.18. The van der Waals surface area contributed by atoms with Gasteiger partial charge in [-0.3, -0.25) is 0 Å². The van der Waals surface area contributed by atoms with Crippen LogP contribution >= 0.6 is 0 Å². The van der Waals surface area contributed by atoms with Crippen LogP contribution in [0.25, 0.3) is 0 Å². The summed E-state index contributed by atoms with van der Waals surface area (Å²) in [5, 5.41) is 0. The average molecular weight is 286 g/mol. The van der Waals surface area contributed by atoms with Gasteiger partial charge in [0.2, 0.25) is 20.0 Å². The van der Waals surface area contributed by atoms with Crippen molar-refractivity contribution < 1.29 is 16.8 Å². The van der Waals surface area contributed by atoms with Gasteiger partial charge in [-0.2, -0.15) is 0 Å². The first-order chi connectivity index (χ1) is 7.52. The van der Waals surface area contributed by atoms with Gasteiger partial charge in [0.05, 0.1) is 12.5 Å². The molecular formula is C9H22N2O4S2. The van der Waals surface area contributed by atoms with E-state index in [0.29, 0.717) is 12.5 Å². The number of hydrogen-bond acceptors (Lipinski definition) is 4. The number of rotatable bonds is 8. The van der Waals surface area contributed by atoms with E-state index < -0.39 is 20.0 Å². The Kier molecular flexibility index (Phi) is 6.60. The molecule has 0 amide bonds. The van der Waals surface area contributed by atoms with E-state index in [1.165, 1.54) is 4.31 Å². The molecule has 0 aromatic carbocycles. The number of nitrogens with zero attached hydrogens (tertiary/aromatic N) is 1. The first-order valence-electron chi connectivity index (χ1n) is 5.42. The minimum atomic E-state index is -3.28. The molecule has 1 N–H and O–H groups in total. The molecule has 0 spiro atoms. The number of sulfonamides is 2. The zero-order valence-electron chi connectivity index (χ0n) is 10.8. The lowest BCUT2D eigenvalue weighted by Crippen LogP contribution is -2.38. The molecule has 0 rings (SSSR count). The smallest absolute Gasteiger partial charge is 0.211 e. The van der Waals surface area contributed by atoms with Gasteiger partial charge in [0.15, 0.2) is 0 Å². The van der Waals surface area contributed by atoms with E-state index in [4.69, 9.17) is 0 Å². The number of hydrogen-bond donors (Lipinski definition) is 1. The van der Waals surface area contributed by atoms with Crippen molar-refractivity contribution in [2.75, 3.05) is 32.1 Å². The molecule has 0 aliphatic carbocycles. The summed E-state index contributed by atoms with van der Waals surface area (Å²) in [7, 11) is -6.55. The molecule has 17 heavy (non-hydrogen) atoms. The van der Waals surface area contributed by atoms with Crippen molar-refractivity contribution >= 4 is 20.0 Å². The zero-order valence-corrected chi connectivity index (χ0v) is 12.4. The van der Waals surface area contributed by atoms with Crippen LogP contribution < -0.4 is 4.72 Å². The normalized spacial score (nSPS) is 13.5. The Morgan fingerprint density at radius 1 is 1.06 bits per heavy atom. The van der Waals surface area contributed by atoms with Gasteiger partial charge >= 0.3 is 0 Å². The minimum Gasteiger partial charge on any atom is -0.214 e. The molecular weight excluding hydrogens is 264 g/mol. The van der Waals surface area contributed by atoms with Crippen LogP contribution in [0.2, 0.25) is 0 Å². The summed E-state index contributed by atoms with van der Waals surface area (Å²) in [5.74, 6) is 0.405. The summed E-state index contributed by atoms with van der Waals surface area (Å²) in [6.07, 6.45) is 2.94. The van der Waals surface area contributed by atoms with Crippen LogP contribution in [0.3, 0.4) is 0 Å². The molecule has 0 atom stereocenters. The van der Waals surface area contributed by atoms with E-state index in [1.54, 1.807) is 0 Å². The fraction of sp³-hybridized carbons (Fsp3) is 1.00. The second-order valence-electron chi connectivity index (χ2n) is 4.51. The van der Waals surface area contributed by atoms with Gasteiger partial charge < -0.3 is 0 Å². The van der Waals surface area contributed by atoms with Gasteiger partial charge in [0.25, 0.3) is 0 Å². The van der Waals surface area contributed by atoms with Crippen LogP contribution in [0.15, 0.2) is 0 Å². The summed E-state index contributed by atoms with van der Waals surface area (Å²) in [6.45, 7) is 4.70. The van der Waals surface area contributed by atoms with Gasteiger partial charge in [-0.1, -0.05) is 13.8 Å². The predicted molar refractivity (Wildman–Crippen MR) is 68.7 cm³/mol. The topological polar surface area (TPSA) is 83.6 Å². The largest absolute Gasteiger partial charge is 0.214 e. The molecule has 0 heterocycles. The summed E-state index contributed by atoms with van der Waals surface area (Å²) in [6, 6.07) is 0. The second kappa shape index (κ2) is 6.67. The molecule has 0 radical (unpaired) electrons. The average Bonchev–Trinajstić information content (AvgIpc) is 2.06. The Labute approximate surface area is 104 Å². The molecule has 8 heteroatoms. The van der Waals surface area contributed by atoms with Crippen molar-refractivity contribution in [1.29, 1.82) is 0 Å². The molecule has 0 unspecified atom stereocenters. The summed E-state index contributed by atoms with van der Waals surface area (Å²) < 4.78 is 48.2. The maximum atomic E-state index is 11.4. The van der Waals surface area contributed by atoms with Crippen molar-refractivity contribution in [3.05, 3.63) is 0 Å². The lowest BCUT2D eigenvalue weighted by molar-refractivity contribution is 0.385. The summed E-state index contributed by atoms with van der Waals surface area (Å²) in [4.78, 5) is 0. The Morgan fingerprint density at radius 2 is 1.59 bits per heavy atom. The van der Waals surface area contributed by atoms with Crippen LogP contribution in [0.1, 0.15) is 20.3 Å². The highest BCUT2D eigenvalue weighted by Crippen LogP contribution is 2.05. The van der Waals surface area contributed by atoms with Crippen LogP contribution in [0, 0.1) is 5.92 Å². The Morgan fingerprint density at radius 3 is 1.94 bits per heavy atom. The first kappa shape index (κ1) is 16.8. The van der Waals surface area contributed by atoms with Gasteiger partial charge in [-0.25, -0.2) is 25.9 Å². The molecule has 6 nitrogen and oxygen atoms in total. The standard InChI is InChI=1S/C9H22N2O4S2/c1-9(2)5-7-11(17(4,14)15)8-6-10-16(3,12)13/h9-10H,5-8H2,1-4H3. The molecule has 0 saturated carbocycles.